The number of carbonyl (C=O) groups excluding carboxylic acids is 1. The van der Waals surface area contributed by atoms with Gasteiger partial charge in [0.25, 0.3) is 5.91 Å². The Kier molecular flexibility index (Phi) is 5.17. The number of aromatic nitrogens is 2. The summed E-state index contributed by atoms with van der Waals surface area (Å²) in [5.41, 5.74) is 1.29. The molecule has 0 aliphatic carbocycles. The van der Waals surface area contributed by atoms with Gasteiger partial charge in [-0.2, -0.15) is 5.10 Å². The fraction of sp³-hybridized carbons (Fsp3) is 0.385. The number of hydrogen-bond donors (Lipinski definition) is 1. The van der Waals surface area contributed by atoms with Crippen LogP contribution in [0.1, 0.15) is 16.9 Å². The van der Waals surface area contributed by atoms with Crippen molar-refractivity contribution >= 4 is 28.8 Å². The zero-order valence-corrected chi connectivity index (χ0v) is 12.9. The van der Waals surface area contributed by atoms with Gasteiger partial charge in [-0.3, -0.25) is 9.48 Å². The van der Waals surface area contributed by atoms with E-state index in [0.717, 1.165) is 17.0 Å². The molecule has 108 valence electrons. The summed E-state index contributed by atoms with van der Waals surface area (Å²) in [5.74, 6) is -0.175. The molecule has 0 atom stereocenters. The molecule has 7 heteroatoms. The van der Waals surface area contributed by atoms with E-state index < -0.39 is 0 Å². The average Bonchev–Trinajstić information content (AvgIpc) is 3.00. The first-order chi connectivity index (χ1) is 9.61. The van der Waals surface area contributed by atoms with E-state index >= 15 is 0 Å². The Balaban J connectivity index is 2.05. The standard InChI is InChI=1S/C13H16ClN3O2S/c1-17-10(11-4-5-12(14)20-11)8-9(16-17)13(18)15-6-3-7-19-2/h4-5,8H,3,6-7H2,1-2H3,(H,15,18). The van der Waals surface area contributed by atoms with E-state index in [1.807, 2.05) is 19.2 Å². The molecule has 20 heavy (non-hydrogen) atoms. The minimum Gasteiger partial charge on any atom is -0.385 e. The van der Waals surface area contributed by atoms with Gasteiger partial charge in [0, 0.05) is 27.3 Å². The summed E-state index contributed by atoms with van der Waals surface area (Å²) in [5, 5.41) is 7.05. The normalized spacial score (nSPS) is 10.8. The first-order valence-corrected chi connectivity index (χ1v) is 7.38. The van der Waals surface area contributed by atoms with Crippen LogP contribution in [0.3, 0.4) is 0 Å². The average molecular weight is 314 g/mol. The summed E-state index contributed by atoms with van der Waals surface area (Å²) in [7, 11) is 3.45. The van der Waals surface area contributed by atoms with E-state index in [2.05, 4.69) is 10.4 Å². The Morgan fingerprint density at radius 1 is 1.55 bits per heavy atom. The molecule has 2 aromatic rings. The number of nitrogens with zero attached hydrogens (tertiary/aromatic N) is 2. The molecular formula is C13H16ClN3O2S. The van der Waals surface area contributed by atoms with Crippen molar-refractivity contribution in [3.05, 3.63) is 28.2 Å². The molecule has 0 aliphatic heterocycles. The van der Waals surface area contributed by atoms with Crippen LogP contribution in [-0.4, -0.2) is 35.9 Å². The molecule has 0 bridgehead atoms. The minimum absolute atomic E-state index is 0.175. The molecule has 0 aromatic carbocycles. The van der Waals surface area contributed by atoms with Crippen molar-refractivity contribution in [2.24, 2.45) is 7.05 Å². The lowest BCUT2D eigenvalue weighted by molar-refractivity contribution is 0.0943. The summed E-state index contributed by atoms with van der Waals surface area (Å²) >= 11 is 7.39. The fourth-order valence-corrected chi connectivity index (χ4v) is 2.86. The predicted molar refractivity (Wildman–Crippen MR) is 80.4 cm³/mol. The maximum absolute atomic E-state index is 12.0. The van der Waals surface area contributed by atoms with Gasteiger partial charge in [0.2, 0.25) is 0 Å². The number of methoxy groups -OCH3 is 1. The lowest BCUT2D eigenvalue weighted by Gasteiger charge is -2.01. The number of amides is 1. The van der Waals surface area contributed by atoms with Gasteiger partial charge in [0.1, 0.15) is 0 Å². The third-order valence-corrected chi connectivity index (χ3v) is 4.00. The second kappa shape index (κ2) is 6.88. The molecule has 0 unspecified atom stereocenters. The van der Waals surface area contributed by atoms with Gasteiger partial charge in [-0.05, 0) is 24.6 Å². The second-order valence-corrected chi connectivity index (χ2v) is 5.96. The second-order valence-electron chi connectivity index (χ2n) is 4.24. The molecule has 2 rings (SSSR count). The van der Waals surface area contributed by atoms with Crippen molar-refractivity contribution in [3.8, 4) is 10.6 Å². The summed E-state index contributed by atoms with van der Waals surface area (Å²) in [6.07, 6.45) is 0.780. The monoisotopic (exact) mass is 313 g/mol. The molecule has 0 saturated heterocycles. The summed E-state index contributed by atoms with van der Waals surface area (Å²) in [6.45, 7) is 1.20. The predicted octanol–water partition coefficient (Wildman–Crippen LogP) is 2.57. The third-order valence-electron chi connectivity index (χ3n) is 2.75. The van der Waals surface area contributed by atoms with Crippen LogP contribution in [0.4, 0.5) is 0 Å². The number of thiophene rings is 1. The Bertz CT molecular complexity index is 594. The van der Waals surface area contributed by atoms with Crippen LogP contribution in [0.15, 0.2) is 18.2 Å². The maximum atomic E-state index is 12.0. The van der Waals surface area contributed by atoms with Crippen LogP contribution in [0.2, 0.25) is 4.34 Å². The SMILES string of the molecule is COCCCNC(=O)c1cc(-c2ccc(Cl)s2)n(C)n1. The van der Waals surface area contributed by atoms with Crippen LogP contribution in [0, 0.1) is 0 Å². The van der Waals surface area contributed by atoms with E-state index in [1.165, 1.54) is 11.3 Å². The van der Waals surface area contributed by atoms with Gasteiger partial charge in [0.05, 0.1) is 14.9 Å². The number of nitrogens with one attached hydrogen (secondary N) is 1. The van der Waals surface area contributed by atoms with Crippen LogP contribution >= 0.6 is 22.9 Å². The fourth-order valence-electron chi connectivity index (χ4n) is 1.77. The Morgan fingerprint density at radius 3 is 3.00 bits per heavy atom. The van der Waals surface area contributed by atoms with Gasteiger partial charge in [-0.15, -0.1) is 11.3 Å². The number of aryl methyl sites for hydroxylation is 1. The Labute approximate surface area is 126 Å². The Hall–Kier alpha value is -1.37. The summed E-state index contributed by atoms with van der Waals surface area (Å²) < 4.78 is 7.33. The van der Waals surface area contributed by atoms with Crippen LogP contribution < -0.4 is 5.32 Å². The third kappa shape index (κ3) is 3.59. The molecule has 1 amide bonds. The molecule has 0 spiro atoms. The number of halogens is 1. The lowest BCUT2D eigenvalue weighted by Crippen LogP contribution is -2.25. The van der Waals surface area contributed by atoms with Crippen molar-refractivity contribution in [2.75, 3.05) is 20.3 Å². The molecule has 2 heterocycles. The quantitative estimate of drug-likeness (QED) is 0.834. The smallest absolute Gasteiger partial charge is 0.271 e. The minimum atomic E-state index is -0.175. The molecule has 0 fully saturated rings. The van der Waals surface area contributed by atoms with Crippen molar-refractivity contribution in [1.29, 1.82) is 0 Å². The zero-order chi connectivity index (χ0) is 14.5. The molecule has 1 N–H and O–H groups in total. The number of hydrogen-bond acceptors (Lipinski definition) is 4. The largest absolute Gasteiger partial charge is 0.385 e. The van der Waals surface area contributed by atoms with Gasteiger partial charge in [-0.1, -0.05) is 11.6 Å². The first kappa shape index (κ1) is 15.0. The molecule has 5 nitrogen and oxygen atoms in total. The van der Waals surface area contributed by atoms with E-state index in [0.29, 0.717) is 23.2 Å². The highest BCUT2D eigenvalue weighted by molar-refractivity contribution is 7.19. The zero-order valence-electron chi connectivity index (χ0n) is 11.4. The highest BCUT2D eigenvalue weighted by Gasteiger charge is 2.14. The van der Waals surface area contributed by atoms with Crippen molar-refractivity contribution in [1.82, 2.24) is 15.1 Å². The van der Waals surface area contributed by atoms with Crippen LogP contribution in [-0.2, 0) is 11.8 Å². The van der Waals surface area contributed by atoms with E-state index in [9.17, 15) is 4.79 Å². The number of carbonyl (C=O) groups is 1. The maximum Gasteiger partial charge on any atom is 0.271 e. The highest BCUT2D eigenvalue weighted by atomic mass is 35.5. The van der Waals surface area contributed by atoms with E-state index in [1.54, 1.807) is 17.9 Å². The van der Waals surface area contributed by atoms with Gasteiger partial charge in [-0.25, -0.2) is 0 Å². The number of rotatable bonds is 6. The highest BCUT2D eigenvalue weighted by Crippen LogP contribution is 2.30. The van der Waals surface area contributed by atoms with Crippen molar-refractivity contribution < 1.29 is 9.53 Å². The van der Waals surface area contributed by atoms with Crippen molar-refractivity contribution in [2.45, 2.75) is 6.42 Å². The molecule has 0 aliphatic rings. The van der Waals surface area contributed by atoms with Gasteiger partial charge in [0.15, 0.2) is 5.69 Å². The summed E-state index contributed by atoms with van der Waals surface area (Å²) in [6, 6.07) is 5.52. The summed E-state index contributed by atoms with van der Waals surface area (Å²) in [4.78, 5) is 12.9. The number of ether oxygens (including phenoxy) is 1. The molecule has 0 radical (unpaired) electrons. The van der Waals surface area contributed by atoms with E-state index in [-0.39, 0.29) is 5.91 Å². The van der Waals surface area contributed by atoms with Gasteiger partial charge >= 0.3 is 0 Å². The molecule has 0 saturated carbocycles. The van der Waals surface area contributed by atoms with E-state index in [4.69, 9.17) is 16.3 Å². The van der Waals surface area contributed by atoms with Crippen LogP contribution in [0.25, 0.3) is 10.6 Å². The first-order valence-electron chi connectivity index (χ1n) is 6.18. The van der Waals surface area contributed by atoms with Gasteiger partial charge < -0.3 is 10.1 Å². The molecular weight excluding hydrogens is 298 g/mol. The lowest BCUT2D eigenvalue weighted by atomic mass is 10.3. The molecule has 2 aromatic heterocycles. The Morgan fingerprint density at radius 2 is 2.35 bits per heavy atom. The van der Waals surface area contributed by atoms with Crippen LogP contribution in [0.5, 0.6) is 0 Å². The topological polar surface area (TPSA) is 56.1 Å². The van der Waals surface area contributed by atoms with Crippen molar-refractivity contribution in [3.63, 3.8) is 0 Å².